The van der Waals surface area contributed by atoms with Gasteiger partial charge in [0, 0.05) is 109 Å². The van der Waals surface area contributed by atoms with Crippen LogP contribution >= 0.6 is 18.9 Å². The van der Waals surface area contributed by atoms with Gasteiger partial charge in [0.2, 0.25) is 0 Å². The summed E-state index contributed by atoms with van der Waals surface area (Å²) in [6, 6.07) is 139. The SMILES string of the molecule is C1=CC2Sc3c(-c4ccccc4)nc(-c4ccc5c(c4)nc(-c4ccccc4)c4cccc(-c6ccccc6)c45)nc3C2C=C1.CP(C)(=O)c1ccc(-c2ccc3c(c2)nc(-c2ccccc2)c2cccc(-c4ccccc4)c23)cc1.c1ccc(-c2nc(-c3ccc4c(c3)nc(-c3ccccc3)c3cccc(-c5ccccc5)c34)c3ccccc3n2)cc1. The number of aromatic nitrogens is 7. The monoisotopic (exact) mass is 1610 g/mol. The van der Waals surface area contributed by atoms with E-state index in [4.69, 9.17) is 34.9 Å². The molecule has 2 unspecified atom stereocenters. The lowest BCUT2D eigenvalue weighted by atomic mass is 9.92. The zero-order valence-electron chi connectivity index (χ0n) is 67.5. The molecule has 123 heavy (non-hydrogen) atoms. The summed E-state index contributed by atoms with van der Waals surface area (Å²) in [7, 11) is -2.28. The molecule has 23 rings (SSSR count). The highest BCUT2D eigenvalue weighted by molar-refractivity contribution is 8.00. The Morgan fingerprint density at radius 2 is 0.585 bits per heavy atom. The molecule has 5 aromatic heterocycles. The summed E-state index contributed by atoms with van der Waals surface area (Å²) < 4.78 is 12.5. The molecule has 0 bridgehead atoms. The summed E-state index contributed by atoms with van der Waals surface area (Å²) >= 11 is 1.87. The van der Waals surface area contributed by atoms with Gasteiger partial charge in [0.05, 0.1) is 61.1 Å². The van der Waals surface area contributed by atoms with Crippen LogP contribution in [0.3, 0.4) is 0 Å². The third kappa shape index (κ3) is 14.6. The summed E-state index contributed by atoms with van der Waals surface area (Å²) in [5.74, 6) is 1.69. The second kappa shape index (κ2) is 32.6. The lowest BCUT2D eigenvalue weighted by Crippen LogP contribution is -2.09. The maximum Gasteiger partial charge on any atom is 0.160 e. The molecular formula is C113H78N7OPS. The number of nitrogens with zero attached hydrogens (tertiary/aromatic N) is 7. The van der Waals surface area contributed by atoms with Crippen molar-refractivity contribution in [3.63, 3.8) is 0 Å². The van der Waals surface area contributed by atoms with Gasteiger partial charge in [-0.15, -0.1) is 11.8 Å². The molecule has 0 spiro atoms. The normalized spacial score (nSPS) is 13.4. The number of thioether (sulfide) groups is 1. The van der Waals surface area contributed by atoms with Crippen molar-refractivity contribution < 1.29 is 4.57 Å². The maximum atomic E-state index is 12.5. The molecule has 2 aliphatic rings. The Morgan fingerprint density at radius 1 is 0.244 bits per heavy atom. The molecule has 16 aromatic carbocycles. The first-order valence-electron chi connectivity index (χ1n) is 41.5. The summed E-state index contributed by atoms with van der Waals surface area (Å²) in [6.07, 6.45) is 8.84. The Bertz CT molecular complexity index is 7730. The molecule has 0 fully saturated rings. The van der Waals surface area contributed by atoms with Crippen molar-refractivity contribution in [2.75, 3.05) is 13.3 Å². The van der Waals surface area contributed by atoms with E-state index in [0.29, 0.717) is 11.1 Å². The minimum Gasteiger partial charge on any atom is -0.319 e. The van der Waals surface area contributed by atoms with E-state index in [1.54, 1.807) is 0 Å². The number of pyridine rings is 3. The average Bonchev–Trinajstić information content (AvgIpc) is 1.34. The first-order valence-corrected chi connectivity index (χ1v) is 45.0. The summed E-state index contributed by atoms with van der Waals surface area (Å²) in [6.45, 7) is 3.62. The minimum absolute atomic E-state index is 0.236. The molecule has 10 heteroatoms. The summed E-state index contributed by atoms with van der Waals surface area (Å²) in [5, 5.41) is 12.7. The standard InChI is InChI=1S/C41H27N3S.C39H25N3.C33H26NOP/c1-4-13-26(14-5-1)30-20-12-21-33-36(30)31-24-23-29(25-34(31)42-37(33)27-15-6-2-7-16-27)41-43-38(28-17-8-3-9-18-28)40-39(44-41)32-19-10-11-22-35(32)45-40;1-4-13-26(14-5-1)30-20-12-21-33-36(30)31-24-23-29(25-35(31)40-37(33)27-15-6-2-7-16-27)38-32-19-10-11-22-34(32)41-39(42-38)28-17-8-3-9-18-28;1-36(2,35)27-19-16-23(17-20-27)26-18-21-29-31(22-26)34-33(25-12-7-4-8-13-25)30-15-9-14-28(32(29)30)24-10-5-3-6-11-24/h1-25,32,35H;1-25H;3-22H,1-2H3. The Morgan fingerprint density at radius 3 is 1.04 bits per heavy atom. The average molecular weight is 1610 g/mol. The van der Waals surface area contributed by atoms with Crippen LogP contribution in [0, 0.1) is 0 Å². The predicted octanol–water partition coefficient (Wildman–Crippen LogP) is 29.2. The van der Waals surface area contributed by atoms with Crippen molar-refractivity contribution in [3.05, 3.63) is 430 Å². The number of hydrogen-bond donors (Lipinski definition) is 0. The smallest absolute Gasteiger partial charge is 0.160 e. The van der Waals surface area contributed by atoms with Crippen LogP contribution in [0.1, 0.15) is 11.6 Å². The summed E-state index contributed by atoms with van der Waals surface area (Å²) in [5.41, 5.74) is 26.4. The highest BCUT2D eigenvalue weighted by atomic mass is 32.2. The van der Waals surface area contributed by atoms with Crippen molar-refractivity contribution in [2.24, 2.45) is 0 Å². The maximum absolute atomic E-state index is 12.5. The van der Waals surface area contributed by atoms with Gasteiger partial charge in [-0.25, -0.2) is 34.9 Å². The summed E-state index contributed by atoms with van der Waals surface area (Å²) in [4.78, 5) is 37.6. The molecule has 6 heterocycles. The van der Waals surface area contributed by atoms with E-state index in [1.165, 1.54) is 54.4 Å². The lowest BCUT2D eigenvalue weighted by molar-refractivity contribution is 0.588. The van der Waals surface area contributed by atoms with Crippen molar-refractivity contribution in [2.45, 2.75) is 16.1 Å². The number of allylic oxidation sites excluding steroid dienone is 3. The quantitative estimate of drug-likeness (QED) is 0.0873. The van der Waals surface area contributed by atoms with Crippen LogP contribution in [-0.4, -0.2) is 53.5 Å². The second-order valence-corrected chi connectivity index (χ2v) is 35.9. The minimum atomic E-state index is -2.28. The first-order chi connectivity index (χ1) is 60.6. The van der Waals surface area contributed by atoms with Gasteiger partial charge in [0.15, 0.2) is 11.6 Å². The van der Waals surface area contributed by atoms with Crippen LogP contribution in [0.25, 0.3) is 199 Å². The molecule has 1 aliphatic carbocycles. The van der Waals surface area contributed by atoms with E-state index >= 15 is 0 Å². The van der Waals surface area contributed by atoms with Gasteiger partial charge >= 0.3 is 0 Å². The number of hydrogen-bond acceptors (Lipinski definition) is 9. The predicted molar refractivity (Wildman–Crippen MR) is 516 cm³/mol. The van der Waals surface area contributed by atoms with E-state index in [0.717, 1.165) is 155 Å². The molecule has 582 valence electrons. The highest BCUT2D eigenvalue weighted by Gasteiger charge is 2.36. The molecule has 0 radical (unpaired) electrons. The van der Waals surface area contributed by atoms with Crippen molar-refractivity contribution in [3.8, 4) is 124 Å². The third-order valence-electron chi connectivity index (χ3n) is 23.4. The van der Waals surface area contributed by atoms with E-state index in [-0.39, 0.29) is 5.92 Å². The zero-order chi connectivity index (χ0) is 82.3. The molecule has 0 amide bonds. The lowest BCUT2D eigenvalue weighted by Gasteiger charge is -2.16. The molecule has 0 saturated carbocycles. The van der Waals surface area contributed by atoms with Crippen LogP contribution < -0.4 is 5.30 Å². The second-order valence-electron chi connectivity index (χ2n) is 31.5. The van der Waals surface area contributed by atoms with E-state index < -0.39 is 7.14 Å². The fourth-order valence-corrected chi connectivity index (χ4v) is 19.7. The number of rotatable bonds is 12. The molecule has 2 atom stereocenters. The van der Waals surface area contributed by atoms with Gasteiger partial charge in [0.1, 0.15) is 7.14 Å². The van der Waals surface area contributed by atoms with Crippen LogP contribution in [0.4, 0.5) is 0 Å². The molecule has 0 N–H and O–H groups in total. The molecule has 21 aromatic rings. The highest BCUT2D eigenvalue weighted by Crippen LogP contribution is 2.52. The molecule has 0 saturated heterocycles. The van der Waals surface area contributed by atoms with E-state index in [1.807, 2.05) is 79.7 Å². The van der Waals surface area contributed by atoms with Crippen molar-refractivity contribution >= 4 is 100 Å². The molecule has 1 aliphatic heterocycles. The molecular weight excluding hydrogens is 1530 g/mol. The van der Waals surface area contributed by atoms with Crippen LogP contribution in [0.15, 0.2) is 430 Å². The van der Waals surface area contributed by atoms with Gasteiger partial charge < -0.3 is 4.57 Å². The fourth-order valence-electron chi connectivity index (χ4n) is 17.5. The number of para-hydroxylation sites is 1. The van der Waals surface area contributed by atoms with Gasteiger partial charge in [-0.2, -0.15) is 0 Å². The Hall–Kier alpha value is -15.0. The van der Waals surface area contributed by atoms with E-state index in [9.17, 15) is 4.57 Å². The van der Waals surface area contributed by atoms with Crippen molar-refractivity contribution in [1.82, 2.24) is 34.9 Å². The van der Waals surface area contributed by atoms with Gasteiger partial charge in [-0.1, -0.05) is 400 Å². The van der Waals surface area contributed by atoms with Crippen LogP contribution in [0.2, 0.25) is 0 Å². The van der Waals surface area contributed by atoms with Crippen LogP contribution in [-0.2, 0) is 4.57 Å². The Labute approximate surface area is 717 Å². The third-order valence-corrected chi connectivity index (χ3v) is 26.3. The van der Waals surface area contributed by atoms with Gasteiger partial charge in [-0.05, 0) is 82.1 Å². The first kappa shape index (κ1) is 75.5. The fraction of sp³-hybridized carbons (Fsp3) is 0.0354. The van der Waals surface area contributed by atoms with Gasteiger partial charge in [0.25, 0.3) is 0 Å². The van der Waals surface area contributed by atoms with Gasteiger partial charge in [-0.3, -0.25) is 0 Å². The van der Waals surface area contributed by atoms with Crippen molar-refractivity contribution in [1.29, 1.82) is 0 Å². The largest absolute Gasteiger partial charge is 0.319 e. The Kier molecular flexibility index (Phi) is 20.0. The Balaban J connectivity index is 0.000000114. The number of fused-ring (bicyclic) bond motifs is 13. The number of benzene rings is 16. The van der Waals surface area contributed by atoms with E-state index in [2.05, 4.69) is 370 Å². The topological polar surface area (TPSA) is 107 Å². The molecule has 8 nitrogen and oxygen atoms in total. The van der Waals surface area contributed by atoms with Crippen LogP contribution in [0.5, 0.6) is 0 Å². The zero-order valence-corrected chi connectivity index (χ0v) is 69.2.